The van der Waals surface area contributed by atoms with Crippen molar-refractivity contribution < 1.29 is 19.0 Å². The number of amides is 2. The maximum Gasteiger partial charge on any atom is 0.317 e. The number of aliphatic hydroxyl groups excluding tert-OH is 1. The molecule has 8 nitrogen and oxygen atoms in total. The first-order valence-electron chi connectivity index (χ1n) is 9.92. The van der Waals surface area contributed by atoms with Crippen molar-refractivity contribution in [3.63, 3.8) is 0 Å². The van der Waals surface area contributed by atoms with Gasteiger partial charge in [-0.15, -0.1) is 0 Å². The van der Waals surface area contributed by atoms with E-state index < -0.39 is 10.6 Å². The molecular formula is C19H30N4O4S. The summed E-state index contributed by atoms with van der Waals surface area (Å²) in [6.07, 6.45) is 0. The molecule has 0 saturated carbocycles. The highest BCUT2D eigenvalue weighted by Gasteiger charge is 2.41. The number of benzene rings is 1. The smallest absolute Gasteiger partial charge is 0.317 e. The van der Waals surface area contributed by atoms with Crippen molar-refractivity contribution in [2.75, 3.05) is 73.7 Å². The molecule has 156 valence electrons. The molecule has 0 aromatic heterocycles. The lowest BCUT2D eigenvalue weighted by Gasteiger charge is -2.42. The molecule has 4 N–H and O–H groups in total. The third kappa shape index (κ3) is 4.17. The third-order valence-electron chi connectivity index (χ3n) is 6.12. The number of hydrogen-bond donors (Lipinski definition) is 4. The van der Waals surface area contributed by atoms with Crippen LogP contribution in [-0.2, 0) is 0 Å². The Morgan fingerprint density at radius 3 is 2.04 bits per heavy atom. The number of nitrogens with one attached hydrogen (secondary N) is 1. The molecule has 1 aromatic carbocycles. The number of aliphatic hydroxyl groups is 1. The van der Waals surface area contributed by atoms with E-state index in [0.717, 1.165) is 31.9 Å². The standard InChI is InChI=1S/C19H30N4O4S/c24-8-5-20-19(25)23-13-15-11-22(12-16(15)14-23)18-3-1-17(2-4-18)21-6-9-28(26,27)10-7-21/h1-4,15-16,24,26-27H,5-14H2,(H,20,25)/t15-,16+. The number of fused-ring (bicyclic) bond motifs is 1. The second kappa shape index (κ2) is 7.98. The van der Waals surface area contributed by atoms with Crippen molar-refractivity contribution in [1.29, 1.82) is 0 Å². The molecule has 0 bridgehead atoms. The second-order valence-corrected chi connectivity index (χ2v) is 10.4. The average molecular weight is 411 g/mol. The molecule has 3 aliphatic heterocycles. The highest BCUT2D eigenvalue weighted by molar-refractivity contribution is 8.24. The summed E-state index contributed by atoms with van der Waals surface area (Å²) < 4.78 is 19.5. The van der Waals surface area contributed by atoms with Gasteiger partial charge >= 0.3 is 6.03 Å². The predicted molar refractivity (Wildman–Crippen MR) is 112 cm³/mol. The summed E-state index contributed by atoms with van der Waals surface area (Å²) in [6.45, 7) is 5.10. The normalized spacial score (nSPS) is 27.6. The highest BCUT2D eigenvalue weighted by atomic mass is 32.3. The molecule has 2 atom stereocenters. The Balaban J connectivity index is 1.31. The summed E-state index contributed by atoms with van der Waals surface area (Å²) in [6, 6.07) is 8.46. The van der Waals surface area contributed by atoms with E-state index in [0.29, 0.717) is 43.0 Å². The molecule has 28 heavy (non-hydrogen) atoms. The summed E-state index contributed by atoms with van der Waals surface area (Å²) in [5, 5.41) is 11.6. The number of rotatable bonds is 4. The van der Waals surface area contributed by atoms with Crippen LogP contribution in [-0.4, -0.2) is 89.1 Å². The van der Waals surface area contributed by atoms with Crippen molar-refractivity contribution in [3.05, 3.63) is 24.3 Å². The fourth-order valence-electron chi connectivity index (χ4n) is 4.50. The van der Waals surface area contributed by atoms with E-state index in [4.69, 9.17) is 5.11 Å². The van der Waals surface area contributed by atoms with Crippen LogP contribution in [0.1, 0.15) is 0 Å². The van der Waals surface area contributed by atoms with E-state index in [-0.39, 0.29) is 12.6 Å². The zero-order valence-corrected chi connectivity index (χ0v) is 16.9. The zero-order chi connectivity index (χ0) is 19.7. The number of nitrogens with zero attached hydrogens (tertiary/aromatic N) is 3. The SMILES string of the molecule is O=C(NCCO)N1C[C@@H]2CN(c3ccc(N4CCS(O)(O)CC4)cc3)C[C@@H]2C1. The minimum atomic E-state index is -2.36. The van der Waals surface area contributed by atoms with Crippen LogP contribution in [0.25, 0.3) is 0 Å². The van der Waals surface area contributed by atoms with Gasteiger partial charge in [-0.3, -0.25) is 9.11 Å². The minimum Gasteiger partial charge on any atom is -0.395 e. The van der Waals surface area contributed by atoms with Gasteiger partial charge in [-0.25, -0.2) is 4.79 Å². The van der Waals surface area contributed by atoms with Gasteiger partial charge < -0.3 is 25.1 Å². The molecule has 4 rings (SSSR count). The Kier molecular flexibility index (Phi) is 5.59. The molecule has 3 heterocycles. The van der Waals surface area contributed by atoms with E-state index in [1.54, 1.807) is 0 Å². The van der Waals surface area contributed by atoms with Crippen LogP contribution < -0.4 is 15.1 Å². The van der Waals surface area contributed by atoms with Crippen LogP contribution in [0.2, 0.25) is 0 Å². The van der Waals surface area contributed by atoms with Crippen LogP contribution in [0.3, 0.4) is 0 Å². The van der Waals surface area contributed by atoms with Gasteiger partial charge in [0.2, 0.25) is 0 Å². The Bertz CT molecular complexity index is 678. The quantitative estimate of drug-likeness (QED) is 0.598. The van der Waals surface area contributed by atoms with E-state index in [1.807, 2.05) is 4.90 Å². The first kappa shape index (κ1) is 19.6. The highest BCUT2D eigenvalue weighted by Crippen LogP contribution is 2.41. The summed E-state index contributed by atoms with van der Waals surface area (Å²) in [4.78, 5) is 18.5. The molecule has 0 spiro atoms. The van der Waals surface area contributed by atoms with Crippen LogP contribution in [0, 0.1) is 11.8 Å². The first-order chi connectivity index (χ1) is 13.4. The Morgan fingerprint density at radius 2 is 1.50 bits per heavy atom. The fourth-order valence-corrected chi connectivity index (χ4v) is 5.73. The lowest BCUT2D eigenvalue weighted by atomic mass is 10.0. The molecule has 3 saturated heterocycles. The summed E-state index contributed by atoms with van der Waals surface area (Å²) in [7, 11) is -2.36. The van der Waals surface area contributed by atoms with Gasteiger partial charge in [0.25, 0.3) is 0 Å². The van der Waals surface area contributed by atoms with Gasteiger partial charge in [0.15, 0.2) is 0 Å². The summed E-state index contributed by atoms with van der Waals surface area (Å²) in [5.41, 5.74) is 2.33. The van der Waals surface area contributed by atoms with Crippen LogP contribution >= 0.6 is 10.6 Å². The van der Waals surface area contributed by atoms with Gasteiger partial charge in [0.05, 0.1) is 18.1 Å². The number of anilines is 2. The van der Waals surface area contributed by atoms with Crippen LogP contribution in [0.4, 0.5) is 16.2 Å². The lowest BCUT2D eigenvalue weighted by Crippen LogP contribution is -2.41. The van der Waals surface area contributed by atoms with Crippen molar-refractivity contribution in [2.24, 2.45) is 11.8 Å². The molecule has 0 unspecified atom stereocenters. The van der Waals surface area contributed by atoms with E-state index in [9.17, 15) is 13.9 Å². The molecule has 2 amide bonds. The molecule has 3 fully saturated rings. The summed E-state index contributed by atoms with van der Waals surface area (Å²) in [5.74, 6) is 1.89. The lowest BCUT2D eigenvalue weighted by molar-refractivity contribution is 0.201. The van der Waals surface area contributed by atoms with Gasteiger partial charge in [0, 0.05) is 69.0 Å². The van der Waals surface area contributed by atoms with E-state index in [2.05, 4.69) is 39.4 Å². The maximum atomic E-state index is 12.1. The molecule has 3 aliphatic rings. The van der Waals surface area contributed by atoms with Crippen molar-refractivity contribution in [1.82, 2.24) is 10.2 Å². The average Bonchev–Trinajstić information content (AvgIpc) is 3.25. The molecule has 0 aliphatic carbocycles. The Hall–Kier alpha value is -1.68. The number of carbonyl (C=O) groups is 1. The largest absolute Gasteiger partial charge is 0.395 e. The number of hydrogen-bond acceptors (Lipinski definition) is 6. The first-order valence-corrected chi connectivity index (χ1v) is 11.8. The second-order valence-electron chi connectivity index (χ2n) is 8.00. The van der Waals surface area contributed by atoms with Gasteiger partial charge in [0.1, 0.15) is 0 Å². The van der Waals surface area contributed by atoms with Crippen molar-refractivity contribution in [2.45, 2.75) is 0 Å². The number of carbonyl (C=O) groups excluding carboxylic acids is 1. The molecular weight excluding hydrogens is 380 g/mol. The van der Waals surface area contributed by atoms with Crippen molar-refractivity contribution >= 4 is 28.0 Å². The minimum absolute atomic E-state index is 0.0321. The van der Waals surface area contributed by atoms with Crippen LogP contribution in [0.15, 0.2) is 24.3 Å². The van der Waals surface area contributed by atoms with E-state index in [1.165, 1.54) is 5.69 Å². The van der Waals surface area contributed by atoms with Gasteiger partial charge in [-0.05, 0) is 24.3 Å². The van der Waals surface area contributed by atoms with Crippen LogP contribution in [0.5, 0.6) is 0 Å². The fraction of sp³-hybridized carbons (Fsp3) is 0.632. The topological polar surface area (TPSA) is 99.5 Å². The molecule has 0 radical (unpaired) electrons. The van der Waals surface area contributed by atoms with Crippen molar-refractivity contribution in [3.8, 4) is 0 Å². The Morgan fingerprint density at radius 1 is 0.964 bits per heavy atom. The van der Waals surface area contributed by atoms with E-state index >= 15 is 0 Å². The maximum absolute atomic E-state index is 12.1. The number of likely N-dealkylation sites (tertiary alicyclic amines) is 1. The molecule has 1 aromatic rings. The Labute approximate surface area is 167 Å². The predicted octanol–water partition coefficient (Wildman–Crippen LogP) is 1.33. The monoisotopic (exact) mass is 410 g/mol. The zero-order valence-electron chi connectivity index (χ0n) is 16.0. The van der Waals surface area contributed by atoms with Gasteiger partial charge in [-0.2, -0.15) is 10.6 Å². The molecule has 9 heteroatoms. The van der Waals surface area contributed by atoms with Gasteiger partial charge in [-0.1, -0.05) is 0 Å². The summed E-state index contributed by atoms with van der Waals surface area (Å²) >= 11 is 0. The third-order valence-corrected chi connectivity index (χ3v) is 7.79. The number of urea groups is 1.